The van der Waals surface area contributed by atoms with Gasteiger partial charge in [-0.05, 0) is 43.4 Å². The molecule has 0 saturated heterocycles. The number of nitrogens with one attached hydrogen (secondary N) is 3. The number of thioether (sulfide) groups is 1. The molecule has 0 spiro atoms. The summed E-state index contributed by atoms with van der Waals surface area (Å²) in [6.07, 6.45) is 5.08. The number of benzene rings is 1. The topological polar surface area (TPSA) is 52.2 Å². The first kappa shape index (κ1) is 20.4. The Kier molecular flexibility index (Phi) is 9.81. The van der Waals surface area contributed by atoms with Crippen LogP contribution in [0.15, 0.2) is 29.4 Å². The van der Waals surface area contributed by atoms with Crippen molar-refractivity contribution in [2.75, 3.05) is 31.6 Å². The van der Waals surface area contributed by atoms with Gasteiger partial charge in [-0.3, -0.25) is 4.99 Å². The lowest BCUT2D eigenvalue weighted by molar-refractivity contribution is 0.806. The lowest BCUT2D eigenvalue weighted by Crippen LogP contribution is -2.38. The van der Waals surface area contributed by atoms with E-state index in [2.05, 4.69) is 40.0 Å². The quantitative estimate of drug-likeness (QED) is 0.251. The van der Waals surface area contributed by atoms with E-state index in [0.29, 0.717) is 0 Å². The summed E-state index contributed by atoms with van der Waals surface area (Å²) in [5.41, 5.74) is 2.39. The highest BCUT2D eigenvalue weighted by Crippen LogP contribution is 2.22. The standard InChI is InChI=1S/C16H23ClN4S.HI/c1-3-18-16(20-8-9-22-2)19-7-6-12-11-21-15-5-4-13(17)10-14(12)15;/h4-5,10-11,21H,3,6-9H2,1-2H3,(H2,18,19,20);1H. The van der Waals surface area contributed by atoms with Gasteiger partial charge in [-0.1, -0.05) is 11.6 Å². The fourth-order valence-electron chi connectivity index (χ4n) is 2.26. The Morgan fingerprint density at radius 2 is 2.17 bits per heavy atom. The predicted molar refractivity (Wildman–Crippen MR) is 115 cm³/mol. The maximum Gasteiger partial charge on any atom is 0.191 e. The Labute approximate surface area is 164 Å². The number of aromatic nitrogens is 1. The van der Waals surface area contributed by atoms with Crippen LogP contribution in [-0.2, 0) is 6.42 Å². The third-order valence-electron chi connectivity index (χ3n) is 3.33. The molecule has 0 radical (unpaired) electrons. The summed E-state index contributed by atoms with van der Waals surface area (Å²) in [6.45, 7) is 4.62. The lowest BCUT2D eigenvalue weighted by atomic mass is 10.1. The molecule has 1 aromatic heterocycles. The minimum atomic E-state index is 0. The molecule has 0 atom stereocenters. The summed E-state index contributed by atoms with van der Waals surface area (Å²) in [7, 11) is 0. The Morgan fingerprint density at radius 1 is 1.35 bits per heavy atom. The number of fused-ring (bicyclic) bond motifs is 1. The molecule has 0 aliphatic rings. The Hall–Kier alpha value is -0.600. The first-order valence-corrected chi connectivity index (χ1v) is 9.28. The number of H-pyrrole nitrogens is 1. The SMILES string of the molecule is CCNC(=NCCSC)NCCc1c[nH]c2ccc(Cl)cc12.I. The third kappa shape index (κ3) is 6.43. The van der Waals surface area contributed by atoms with E-state index in [1.807, 2.05) is 30.0 Å². The van der Waals surface area contributed by atoms with Gasteiger partial charge in [-0.2, -0.15) is 11.8 Å². The van der Waals surface area contributed by atoms with Crippen LogP contribution < -0.4 is 10.6 Å². The average molecular weight is 467 g/mol. The van der Waals surface area contributed by atoms with Crippen molar-refractivity contribution in [3.05, 3.63) is 35.0 Å². The van der Waals surface area contributed by atoms with Crippen LogP contribution >= 0.6 is 47.3 Å². The zero-order chi connectivity index (χ0) is 15.8. The molecule has 0 bridgehead atoms. The fourth-order valence-corrected chi connectivity index (χ4v) is 2.71. The Balaban J connectivity index is 0.00000264. The van der Waals surface area contributed by atoms with Crippen LogP contribution in [0.25, 0.3) is 10.9 Å². The smallest absolute Gasteiger partial charge is 0.191 e. The number of aromatic amines is 1. The number of nitrogens with zero attached hydrogens (tertiary/aromatic N) is 1. The molecular formula is C16H24ClIN4S. The fraction of sp³-hybridized carbons (Fsp3) is 0.438. The second kappa shape index (κ2) is 11.0. The van der Waals surface area contributed by atoms with E-state index in [1.54, 1.807) is 0 Å². The predicted octanol–water partition coefficient (Wildman–Crippen LogP) is 3.90. The van der Waals surface area contributed by atoms with E-state index in [4.69, 9.17) is 11.6 Å². The van der Waals surface area contributed by atoms with Crippen LogP contribution in [0.1, 0.15) is 12.5 Å². The van der Waals surface area contributed by atoms with E-state index in [-0.39, 0.29) is 24.0 Å². The van der Waals surface area contributed by atoms with Gasteiger partial charge < -0.3 is 15.6 Å². The molecule has 0 amide bonds. The number of rotatable bonds is 7. The molecule has 1 heterocycles. The summed E-state index contributed by atoms with van der Waals surface area (Å²) in [5.74, 6) is 1.92. The van der Waals surface area contributed by atoms with Gasteiger partial charge in [0.05, 0.1) is 6.54 Å². The number of hydrogen-bond acceptors (Lipinski definition) is 2. The second-order valence-electron chi connectivity index (χ2n) is 4.93. The summed E-state index contributed by atoms with van der Waals surface area (Å²) in [5, 5.41) is 8.61. The third-order valence-corrected chi connectivity index (χ3v) is 4.15. The van der Waals surface area contributed by atoms with Crippen LogP contribution in [0.5, 0.6) is 0 Å². The molecule has 0 aliphatic carbocycles. The van der Waals surface area contributed by atoms with Gasteiger partial charge in [0.25, 0.3) is 0 Å². The van der Waals surface area contributed by atoms with E-state index in [0.717, 1.165) is 48.3 Å². The summed E-state index contributed by atoms with van der Waals surface area (Å²) in [6, 6.07) is 5.94. The molecule has 0 saturated carbocycles. The second-order valence-corrected chi connectivity index (χ2v) is 6.36. The van der Waals surface area contributed by atoms with Crippen molar-refractivity contribution in [1.82, 2.24) is 15.6 Å². The normalized spacial score (nSPS) is 11.3. The molecule has 3 N–H and O–H groups in total. The molecule has 2 rings (SSSR count). The lowest BCUT2D eigenvalue weighted by Gasteiger charge is -2.10. The van der Waals surface area contributed by atoms with Crippen LogP contribution in [-0.4, -0.2) is 42.6 Å². The maximum absolute atomic E-state index is 6.08. The van der Waals surface area contributed by atoms with Crippen molar-refractivity contribution < 1.29 is 0 Å². The molecular weight excluding hydrogens is 443 g/mol. The van der Waals surface area contributed by atoms with Crippen molar-refractivity contribution >= 4 is 64.2 Å². The van der Waals surface area contributed by atoms with Crippen molar-refractivity contribution in [3.63, 3.8) is 0 Å². The zero-order valence-corrected chi connectivity index (χ0v) is 17.4. The van der Waals surface area contributed by atoms with Gasteiger partial charge >= 0.3 is 0 Å². The van der Waals surface area contributed by atoms with Crippen LogP contribution in [0.3, 0.4) is 0 Å². The van der Waals surface area contributed by atoms with Crippen molar-refractivity contribution in [2.45, 2.75) is 13.3 Å². The Morgan fingerprint density at radius 3 is 2.91 bits per heavy atom. The molecule has 7 heteroatoms. The van der Waals surface area contributed by atoms with Crippen LogP contribution in [0.4, 0.5) is 0 Å². The molecule has 0 fully saturated rings. The first-order chi connectivity index (χ1) is 10.7. The van der Waals surface area contributed by atoms with Crippen molar-refractivity contribution in [2.24, 2.45) is 4.99 Å². The van der Waals surface area contributed by atoms with E-state index < -0.39 is 0 Å². The highest BCUT2D eigenvalue weighted by molar-refractivity contribution is 14.0. The maximum atomic E-state index is 6.08. The molecule has 2 aromatic rings. The van der Waals surface area contributed by atoms with Gasteiger partial charge in [0, 0.05) is 41.0 Å². The van der Waals surface area contributed by atoms with E-state index in [9.17, 15) is 0 Å². The van der Waals surface area contributed by atoms with Gasteiger partial charge in [0.1, 0.15) is 0 Å². The molecule has 4 nitrogen and oxygen atoms in total. The summed E-state index contributed by atoms with van der Waals surface area (Å²) < 4.78 is 0. The summed E-state index contributed by atoms with van der Waals surface area (Å²) >= 11 is 7.89. The molecule has 0 aliphatic heterocycles. The molecule has 0 unspecified atom stereocenters. The van der Waals surface area contributed by atoms with Gasteiger partial charge in [0.15, 0.2) is 5.96 Å². The average Bonchev–Trinajstić information content (AvgIpc) is 2.90. The largest absolute Gasteiger partial charge is 0.361 e. The minimum absolute atomic E-state index is 0. The summed E-state index contributed by atoms with van der Waals surface area (Å²) in [4.78, 5) is 7.83. The van der Waals surface area contributed by atoms with Gasteiger partial charge in [-0.15, -0.1) is 24.0 Å². The minimum Gasteiger partial charge on any atom is -0.361 e. The van der Waals surface area contributed by atoms with Crippen molar-refractivity contribution in [1.29, 1.82) is 0 Å². The number of aliphatic imine (C=N–C) groups is 1. The van der Waals surface area contributed by atoms with E-state index in [1.165, 1.54) is 10.9 Å². The zero-order valence-electron chi connectivity index (χ0n) is 13.5. The highest BCUT2D eigenvalue weighted by atomic mass is 127. The monoisotopic (exact) mass is 466 g/mol. The van der Waals surface area contributed by atoms with Crippen LogP contribution in [0, 0.1) is 0 Å². The number of guanidine groups is 1. The molecule has 128 valence electrons. The highest BCUT2D eigenvalue weighted by Gasteiger charge is 2.04. The van der Waals surface area contributed by atoms with Crippen molar-refractivity contribution in [3.8, 4) is 0 Å². The van der Waals surface area contributed by atoms with Gasteiger partial charge in [0.2, 0.25) is 0 Å². The first-order valence-electron chi connectivity index (χ1n) is 7.51. The van der Waals surface area contributed by atoms with E-state index >= 15 is 0 Å². The van der Waals surface area contributed by atoms with Crippen LogP contribution in [0.2, 0.25) is 5.02 Å². The molecule has 1 aromatic carbocycles. The van der Waals surface area contributed by atoms with Gasteiger partial charge in [-0.25, -0.2) is 0 Å². The number of hydrogen-bond donors (Lipinski definition) is 3. The number of halogens is 2. The molecule has 23 heavy (non-hydrogen) atoms. The Bertz CT molecular complexity index is 630.